The highest BCUT2D eigenvalue weighted by Crippen LogP contribution is 2.27. The predicted octanol–water partition coefficient (Wildman–Crippen LogP) is 5.29. The van der Waals surface area contributed by atoms with Gasteiger partial charge in [-0.3, -0.25) is 9.88 Å². The van der Waals surface area contributed by atoms with Gasteiger partial charge >= 0.3 is 0 Å². The number of nitrogens with zero attached hydrogens (tertiary/aromatic N) is 3. The Balaban J connectivity index is 1.55. The number of hydrogen-bond acceptors (Lipinski definition) is 5. The van der Waals surface area contributed by atoms with Crippen molar-refractivity contribution in [3.63, 3.8) is 0 Å². The lowest BCUT2D eigenvalue weighted by Gasteiger charge is -2.31. The van der Waals surface area contributed by atoms with Crippen LogP contribution in [-0.2, 0) is 6.54 Å². The van der Waals surface area contributed by atoms with Crippen molar-refractivity contribution >= 4 is 29.0 Å². The van der Waals surface area contributed by atoms with Crippen LogP contribution in [0.5, 0.6) is 5.88 Å². The molecule has 2 aromatic rings. The third-order valence-electron chi connectivity index (χ3n) is 4.31. The molecule has 0 aromatic carbocycles. The Kier molecular flexibility index (Phi) is 6.33. The van der Waals surface area contributed by atoms with E-state index in [1.807, 2.05) is 32.2 Å². The second kappa shape index (κ2) is 8.51. The van der Waals surface area contributed by atoms with Crippen molar-refractivity contribution in [2.45, 2.75) is 45.8 Å². The van der Waals surface area contributed by atoms with Gasteiger partial charge in [-0.2, -0.15) is 0 Å². The van der Waals surface area contributed by atoms with Gasteiger partial charge in [0, 0.05) is 23.8 Å². The summed E-state index contributed by atoms with van der Waals surface area (Å²) in [5, 5.41) is 2.88. The smallest absolute Gasteiger partial charge is 0.237 e. The van der Waals surface area contributed by atoms with E-state index < -0.39 is 0 Å². The summed E-state index contributed by atoms with van der Waals surface area (Å²) in [5.41, 5.74) is 0.646. The fourth-order valence-electron chi connectivity index (χ4n) is 3.00. The molecule has 0 N–H and O–H groups in total. The molecule has 3 rings (SSSR count). The number of halogens is 1. The monoisotopic (exact) mass is 391 g/mol. The van der Waals surface area contributed by atoms with E-state index in [2.05, 4.69) is 27.0 Å². The Morgan fingerprint density at radius 3 is 2.65 bits per heavy atom. The predicted molar refractivity (Wildman–Crippen MR) is 109 cm³/mol. The molecule has 1 aliphatic heterocycles. The molecule has 0 amide bonds. The van der Waals surface area contributed by atoms with Crippen LogP contribution in [0.1, 0.15) is 44.2 Å². The maximum absolute atomic E-state index is 6.16. The second-order valence-corrected chi connectivity index (χ2v) is 8.98. The standard InChI is InChI=1S/C20H26ClN3OS/c1-20(2,3)25-19-17(22-9-10-23-19)14-24-11-6-15(7-12-24)4-5-18-16(21)8-13-26-18/h4-5,8-10,13,15H,6-7,11-12,14H2,1-3H3. The van der Waals surface area contributed by atoms with Crippen LogP contribution in [0, 0.1) is 5.92 Å². The summed E-state index contributed by atoms with van der Waals surface area (Å²) in [6, 6.07) is 1.95. The molecule has 4 nitrogen and oxygen atoms in total. The second-order valence-electron chi connectivity index (χ2n) is 7.63. The lowest BCUT2D eigenvalue weighted by Crippen LogP contribution is -2.33. The first-order valence-corrected chi connectivity index (χ1v) is 10.3. The van der Waals surface area contributed by atoms with Crippen LogP contribution in [-0.4, -0.2) is 33.6 Å². The van der Waals surface area contributed by atoms with Crippen molar-refractivity contribution in [3.8, 4) is 5.88 Å². The summed E-state index contributed by atoms with van der Waals surface area (Å²) in [5.74, 6) is 1.26. The topological polar surface area (TPSA) is 38.3 Å². The van der Waals surface area contributed by atoms with Crippen molar-refractivity contribution in [2.24, 2.45) is 5.92 Å². The molecular formula is C20H26ClN3OS. The maximum Gasteiger partial charge on any atom is 0.237 e. The number of rotatable bonds is 5. The van der Waals surface area contributed by atoms with E-state index in [4.69, 9.17) is 16.3 Å². The van der Waals surface area contributed by atoms with Gasteiger partial charge in [-0.05, 0) is 70.1 Å². The molecule has 6 heteroatoms. The lowest BCUT2D eigenvalue weighted by molar-refractivity contribution is 0.117. The van der Waals surface area contributed by atoms with Gasteiger partial charge in [0.25, 0.3) is 0 Å². The highest BCUT2D eigenvalue weighted by molar-refractivity contribution is 7.11. The molecule has 3 heterocycles. The Morgan fingerprint density at radius 2 is 2.00 bits per heavy atom. The molecule has 1 fully saturated rings. The zero-order valence-electron chi connectivity index (χ0n) is 15.6. The van der Waals surface area contributed by atoms with Crippen LogP contribution in [0.3, 0.4) is 0 Å². The van der Waals surface area contributed by atoms with Crippen molar-refractivity contribution < 1.29 is 4.74 Å². The van der Waals surface area contributed by atoms with E-state index in [1.54, 1.807) is 23.7 Å². The van der Waals surface area contributed by atoms with Gasteiger partial charge in [0.05, 0.1) is 5.02 Å². The molecule has 0 aliphatic carbocycles. The minimum Gasteiger partial charge on any atom is -0.471 e. The van der Waals surface area contributed by atoms with Gasteiger partial charge in [0.15, 0.2) is 0 Å². The summed E-state index contributed by atoms with van der Waals surface area (Å²) in [6.45, 7) is 8.99. The summed E-state index contributed by atoms with van der Waals surface area (Å²) in [4.78, 5) is 12.5. The normalized spacial score (nSPS) is 17.1. The van der Waals surface area contributed by atoms with E-state index in [-0.39, 0.29) is 5.60 Å². The van der Waals surface area contributed by atoms with Crippen molar-refractivity contribution in [1.29, 1.82) is 0 Å². The first-order chi connectivity index (χ1) is 12.4. The molecule has 0 unspecified atom stereocenters. The largest absolute Gasteiger partial charge is 0.471 e. The molecular weight excluding hydrogens is 366 g/mol. The third kappa shape index (κ3) is 5.53. The Labute approximate surface area is 164 Å². The molecule has 140 valence electrons. The molecule has 2 aromatic heterocycles. The van der Waals surface area contributed by atoms with Gasteiger partial charge in [0.2, 0.25) is 5.88 Å². The number of hydrogen-bond donors (Lipinski definition) is 0. The van der Waals surface area contributed by atoms with Gasteiger partial charge in [-0.1, -0.05) is 17.7 Å². The summed E-state index contributed by atoms with van der Waals surface area (Å²) in [7, 11) is 0. The Morgan fingerprint density at radius 1 is 1.27 bits per heavy atom. The van der Waals surface area contributed by atoms with Crippen molar-refractivity contribution in [3.05, 3.63) is 45.5 Å². The molecule has 1 aliphatic rings. The molecule has 1 saturated heterocycles. The zero-order chi connectivity index (χ0) is 18.6. The van der Waals surface area contributed by atoms with Gasteiger partial charge < -0.3 is 4.74 Å². The van der Waals surface area contributed by atoms with E-state index in [9.17, 15) is 0 Å². The van der Waals surface area contributed by atoms with E-state index in [0.717, 1.165) is 48.1 Å². The molecule has 0 bridgehead atoms. The Hall–Kier alpha value is -1.43. The lowest BCUT2D eigenvalue weighted by atomic mass is 9.96. The van der Waals surface area contributed by atoms with Crippen LogP contribution < -0.4 is 4.74 Å². The first-order valence-electron chi connectivity index (χ1n) is 9.03. The average molecular weight is 392 g/mol. The number of piperidine rings is 1. The number of thiophene rings is 1. The van der Waals surface area contributed by atoms with Crippen LogP contribution >= 0.6 is 22.9 Å². The average Bonchev–Trinajstić information content (AvgIpc) is 3.00. The van der Waals surface area contributed by atoms with Crippen LogP contribution in [0.2, 0.25) is 5.02 Å². The fourth-order valence-corrected chi connectivity index (χ4v) is 4.02. The quantitative estimate of drug-likeness (QED) is 0.693. The first kappa shape index (κ1) is 19.3. The summed E-state index contributed by atoms with van der Waals surface area (Å²) in [6.07, 6.45) is 10.2. The van der Waals surface area contributed by atoms with E-state index in [1.165, 1.54) is 0 Å². The maximum atomic E-state index is 6.16. The zero-order valence-corrected chi connectivity index (χ0v) is 17.2. The van der Waals surface area contributed by atoms with Crippen molar-refractivity contribution in [1.82, 2.24) is 14.9 Å². The SMILES string of the molecule is CC(C)(C)Oc1nccnc1CN1CCC(C=Cc2sccc2Cl)CC1. The fraction of sp³-hybridized carbons (Fsp3) is 0.500. The van der Waals surface area contributed by atoms with Gasteiger partial charge in [0.1, 0.15) is 11.3 Å². The number of allylic oxidation sites excluding steroid dienone is 1. The van der Waals surface area contributed by atoms with Crippen LogP contribution in [0.15, 0.2) is 29.9 Å². The third-order valence-corrected chi connectivity index (χ3v) is 5.63. The van der Waals surface area contributed by atoms with Crippen LogP contribution in [0.25, 0.3) is 6.08 Å². The molecule has 0 saturated carbocycles. The molecule has 0 atom stereocenters. The Bertz CT molecular complexity index is 746. The number of ether oxygens (including phenoxy) is 1. The van der Waals surface area contributed by atoms with Gasteiger partial charge in [-0.25, -0.2) is 4.98 Å². The highest BCUT2D eigenvalue weighted by atomic mass is 35.5. The molecule has 0 spiro atoms. The summed E-state index contributed by atoms with van der Waals surface area (Å²) < 4.78 is 5.96. The minimum absolute atomic E-state index is 0.272. The van der Waals surface area contributed by atoms with E-state index >= 15 is 0 Å². The van der Waals surface area contributed by atoms with Crippen molar-refractivity contribution in [2.75, 3.05) is 13.1 Å². The highest BCUT2D eigenvalue weighted by Gasteiger charge is 2.21. The number of aromatic nitrogens is 2. The van der Waals surface area contributed by atoms with Gasteiger partial charge in [-0.15, -0.1) is 11.3 Å². The number of likely N-dealkylation sites (tertiary alicyclic amines) is 1. The summed E-state index contributed by atoms with van der Waals surface area (Å²) >= 11 is 7.85. The molecule has 0 radical (unpaired) electrons. The molecule has 26 heavy (non-hydrogen) atoms. The van der Waals surface area contributed by atoms with E-state index in [0.29, 0.717) is 11.8 Å². The van der Waals surface area contributed by atoms with Crippen LogP contribution in [0.4, 0.5) is 0 Å². The minimum atomic E-state index is -0.272.